The van der Waals surface area contributed by atoms with Gasteiger partial charge in [0, 0.05) is 12.5 Å². The second-order valence-electron chi connectivity index (χ2n) is 7.96. The number of carbonyl (C=O) groups is 2. The molecule has 2 saturated heterocycles. The van der Waals surface area contributed by atoms with E-state index in [1.165, 1.54) is 11.3 Å². The Kier molecular flexibility index (Phi) is 3.47. The number of likely N-dealkylation sites (tertiary alicyclic amines) is 1. The monoisotopic (exact) mass is 350 g/mol. The van der Waals surface area contributed by atoms with Crippen LogP contribution in [-0.2, 0) is 9.53 Å². The fourth-order valence-electron chi connectivity index (χ4n) is 3.93. The van der Waals surface area contributed by atoms with Gasteiger partial charge in [-0.15, -0.1) is 10.2 Å². The third-order valence-electron chi connectivity index (χ3n) is 5.07. The van der Waals surface area contributed by atoms with Gasteiger partial charge < -0.3 is 14.5 Å². The Balaban J connectivity index is 1.45. The SMILES string of the molecule is C[C@H]1C[C@@H]1C(=O)N1CC(C)(C)OC2(CN(C(=O)c3nncs3)C2)C1. The summed E-state index contributed by atoms with van der Waals surface area (Å²) >= 11 is 1.24. The average molecular weight is 350 g/mol. The first-order valence-electron chi connectivity index (χ1n) is 8.33. The molecule has 7 nitrogen and oxygen atoms in total. The molecule has 0 bridgehead atoms. The third kappa shape index (κ3) is 2.71. The lowest BCUT2D eigenvalue weighted by Gasteiger charge is -2.57. The third-order valence-corrected chi connectivity index (χ3v) is 5.75. The van der Waals surface area contributed by atoms with Gasteiger partial charge in [0.25, 0.3) is 5.91 Å². The average Bonchev–Trinajstić information content (AvgIpc) is 2.99. The van der Waals surface area contributed by atoms with E-state index in [9.17, 15) is 9.59 Å². The van der Waals surface area contributed by atoms with Gasteiger partial charge in [-0.2, -0.15) is 0 Å². The van der Waals surface area contributed by atoms with Crippen molar-refractivity contribution in [2.45, 2.75) is 38.4 Å². The number of nitrogens with zero attached hydrogens (tertiary/aromatic N) is 4. The Morgan fingerprint density at radius 2 is 1.92 bits per heavy atom. The highest BCUT2D eigenvalue weighted by molar-refractivity contribution is 7.11. The van der Waals surface area contributed by atoms with Crippen LogP contribution >= 0.6 is 11.3 Å². The van der Waals surface area contributed by atoms with Gasteiger partial charge in [0.15, 0.2) is 0 Å². The van der Waals surface area contributed by atoms with Crippen LogP contribution in [0.15, 0.2) is 5.51 Å². The van der Waals surface area contributed by atoms with Crippen LogP contribution in [0.25, 0.3) is 0 Å². The molecule has 130 valence electrons. The summed E-state index contributed by atoms with van der Waals surface area (Å²) < 4.78 is 6.28. The summed E-state index contributed by atoms with van der Waals surface area (Å²) in [7, 11) is 0. The molecule has 1 aromatic rings. The van der Waals surface area contributed by atoms with Crippen LogP contribution in [0.5, 0.6) is 0 Å². The van der Waals surface area contributed by atoms with Crippen molar-refractivity contribution in [2.24, 2.45) is 11.8 Å². The van der Waals surface area contributed by atoms with Gasteiger partial charge in [-0.3, -0.25) is 9.59 Å². The standard InChI is InChI=1S/C16H22N4O3S/c1-10-4-11(10)13(21)19-5-15(2,3)23-16(6-19)7-20(8-16)14(22)12-18-17-9-24-12/h9-11H,4-8H2,1-3H3/t10-,11-/m0/s1. The molecule has 0 aromatic carbocycles. The molecule has 0 N–H and O–H groups in total. The van der Waals surface area contributed by atoms with Crippen molar-refractivity contribution >= 4 is 23.2 Å². The number of ether oxygens (including phenoxy) is 1. The van der Waals surface area contributed by atoms with E-state index >= 15 is 0 Å². The zero-order chi connectivity index (χ0) is 17.1. The fourth-order valence-corrected chi connectivity index (χ4v) is 4.45. The first-order valence-corrected chi connectivity index (χ1v) is 9.21. The maximum absolute atomic E-state index is 12.7. The van der Waals surface area contributed by atoms with Crippen LogP contribution in [0.3, 0.4) is 0 Å². The number of hydrogen-bond donors (Lipinski definition) is 0. The van der Waals surface area contributed by atoms with E-state index in [0.717, 1.165) is 6.42 Å². The van der Waals surface area contributed by atoms with Crippen molar-refractivity contribution in [1.82, 2.24) is 20.0 Å². The van der Waals surface area contributed by atoms with E-state index in [0.29, 0.717) is 37.1 Å². The minimum absolute atomic E-state index is 0.108. The molecule has 3 heterocycles. The molecule has 1 saturated carbocycles. The number of carbonyl (C=O) groups excluding carboxylic acids is 2. The fraction of sp³-hybridized carbons (Fsp3) is 0.750. The van der Waals surface area contributed by atoms with E-state index < -0.39 is 11.2 Å². The highest BCUT2D eigenvalue weighted by Crippen LogP contribution is 2.42. The zero-order valence-corrected chi connectivity index (χ0v) is 15.0. The predicted octanol–water partition coefficient (Wildman–Crippen LogP) is 1.03. The lowest BCUT2D eigenvalue weighted by molar-refractivity contribution is -0.237. The quantitative estimate of drug-likeness (QED) is 0.796. The molecule has 2 amide bonds. The maximum Gasteiger partial charge on any atom is 0.285 e. The van der Waals surface area contributed by atoms with E-state index in [1.54, 1.807) is 10.4 Å². The highest BCUT2D eigenvalue weighted by atomic mass is 32.1. The molecule has 24 heavy (non-hydrogen) atoms. The summed E-state index contributed by atoms with van der Waals surface area (Å²) in [5.41, 5.74) is 0.708. The minimum atomic E-state index is -0.449. The number of amides is 2. The van der Waals surface area contributed by atoms with Gasteiger partial charge in [-0.25, -0.2) is 0 Å². The molecular weight excluding hydrogens is 328 g/mol. The van der Waals surface area contributed by atoms with Gasteiger partial charge in [0.05, 0.1) is 25.2 Å². The number of rotatable bonds is 2. The first-order chi connectivity index (χ1) is 11.3. The van der Waals surface area contributed by atoms with Gasteiger partial charge in [-0.1, -0.05) is 18.3 Å². The Hall–Kier alpha value is -1.54. The smallest absolute Gasteiger partial charge is 0.285 e. The summed E-state index contributed by atoms with van der Waals surface area (Å²) in [4.78, 5) is 28.7. The molecule has 0 radical (unpaired) electrons. The lowest BCUT2D eigenvalue weighted by Crippen LogP contribution is -2.74. The molecule has 3 fully saturated rings. The Morgan fingerprint density at radius 1 is 1.25 bits per heavy atom. The molecule has 1 aliphatic carbocycles. The predicted molar refractivity (Wildman–Crippen MR) is 87.6 cm³/mol. The van der Waals surface area contributed by atoms with Crippen LogP contribution in [0.4, 0.5) is 0 Å². The second-order valence-corrected chi connectivity index (χ2v) is 8.80. The van der Waals surface area contributed by atoms with Gasteiger partial charge in [-0.05, 0) is 26.2 Å². The topological polar surface area (TPSA) is 75.6 Å². The van der Waals surface area contributed by atoms with Crippen molar-refractivity contribution in [3.05, 3.63) is 10.5 Å². The van der Waals surface area contributed by atoms with Crippen molar-refractivity contribution in [1.29, 1.82) is 0 Å². The lowest BCUT2D eigenvalue weighted by atomic mass is 9.88. The number of morpholine rings is 1. The van der Waals surface area contributed by atoms with Crippen LogP contribution in [0.1, 0.15) is 37.0 Å². The Morgan fingerprint density at radius 3 is 2.50 bits per heavy atom. The molecule has 8 heteroatoms. The maximum atomic E-state index is 12.7. The molecule has 3 aliphatic rings. The van der Waals surface area contributed by atoms with E-state index in [-0.39, 0.29) is 17.7 Å². The number of hydrogen-bond acceptors (Lipinski definition) is 6. The van der Waals surface area contributed by atoms with Crippen LogP contribution in [-0.4, -0.2) is 69.2 Å². The molecule has 0 unspecified atom stereocenters. The Bertz CT molecular complexity index is 669. The van der Waals surface area contributed by atoms with E-state index in [4.69, 9.17) is 4.74 Å². The first kappa shape index (κ1) is 16.0. The Labute approximate surface area is 145 Å². The van der Waals surface area contributed by atoms with Crippen LogP contribution in [0.2, 0.25) is 0 Å². The molecule has 4 rings (SSSR count). The molecule has 1 spiro atoms. The molecular formula is C16H22N4O3S. The van der Waals surface area contributed by atoms with Crippen molar-refractivity contribution in [3.8, 4) is 0 Å². The van der Waals surface area contributed by atoms with Crippen LogP contribution < -0.4 is 0 Å². The summed E-state index contributed by atoms with van der Waals surface area (Å²) in [6, 6.07) is 0. The molecule has 2 aliphatic heterocycles. The zero-order valence-electron chi connectivity index (χ0n) is 14.2. The van der Waals surface area contributed by atoms with Gasteiger partial charge >= 0.3 is 0 Å². The van der Waals surface area contributed by atoms with Crippen molar-refractivity contribution in [3.63, 3.8) is 0 Å². The van der Waals surface area contributed by atoms with E-state index in [1.807, 2.05) is 18.7 Å². The van der Waals surface area contributed by atoms with E-state index in [2.05, 4.69) is 17.1 Å². The van der Waals surface area contributed by atoms with Gasteiger partial charge in [0.1, 0.15) is 11.1 Å². The summed E-state index contributed by atoms with van der Waals surface area (Å²) in [5, 5.41) is 7.96. The van der Waals surface area contributed by atoms with Gasteiger partial charge in [0.2, 0.25) is 10.9 Å². The molecule has 2 atom stereocenters. The minimum Gasteiger partial charge on any atom is -0.362 e. The molecule has 1 aromatic heterocycles. The van der Waals surface area contributed by atoms with Crippen LogP contribution in [0, 0.1) is 11.8 Å². The largest absolute Gasteiger partial charge is 0.362 e. The summed E-state index contributed by atoms with van der Waals surface area (Å²) in [5.74, 6) is 0.808. The number of aromatic nitrogens is 2. The highest BCUT2D eigenvalue weighted by Gasteiger charge is 2.56. The van der Waals surface area contributed by atoms with Crippen molar-refractivity contribution in [2.75, 3.05) is 26.2 Å². The second kappa shape index (κ2) is 5.23. The normalized spacial score (nSPS) is 30.1. The summed E-state index contributed by atoms with van der Waals surface area (Å²) in [6.45, 7) is 8.33. The van der Waals surface area contributed by atoms with Crippen molar-refractivity contribution < 1.29 is 14.3 Å². The summed E-state index contributed by atoms with van der Waals surface area (Å²) in [6.07, 6.45) is 0.991.